The Morgan fingerprint density at radius 2 is 1.86 bits per heavy atom. The Morgan fingerprint density at radius 1 is 1.07 bits per heavy atom. The van der Waals surface area contributed by atoms with Crippen molar-refractivity contribution in [2.45, 2.75) is 0 Å². The maximum absolute atomic E-state index is 12.2. The molecule has 0 aliphatic carbocycles. The molecule has 0 saturated heterocycles. The van der Waals surface area contributed by atoms with Gasteiger partial charge in [-0.25, -0.2) is 13.9 Å². The van der Waals surface area contributed by atoms with E-state index >= 15 is 0 Å². The third kappa shape index (κ3) is 5.94. The average Bonchev–Trinajstić information content (AvgIpc) is 3.26. The number of carbonyl (C=O) groups is 2. The van der Waals surface area contributed by atoms with E-state index in [-0.39, 0.29) is 18.9 Å². The SMILES string of the molecule is O=C(Oc1ccc(N(S)C(=O)NCCOc2cccc(Cl)c2)cc1)c1ccco1. The highest BCUT2D eigenvalue weighted by atomic mass is 35.5. The van der Waals surface area contributed by atoms with Crippen LogP contribution in [0.3, 0.4) is 0 Å². The second-order valence-electron chi connectivity index (χ2n) is 5.71. The lowest BCUT2D eigenvalue weighted by Crippen LogP contribution is -2.36. The fraction of sp³-hybridized carbons (Fsp3) is 0.100. The molecule has 9 heteroatoms. The lowest BCUT2D eigenvalue weighted by molar-refractivity contribution is 0.0701. The van der Waals surface area contributed by atoms with Gasteiger partial charge in [-0.15, -0.1) is 0 Å². The first-order valence-corrected chi connectivity index (χ1v) is 9.31. The molecule has 0 atom stereocenters. The maximum atomic E-state index is 12.2. The fourth-order valence-corrected chi connectivity index (χ4v) is 2.67. The van der Waals surface area contributed by atoms with Gasteiger partial charge in [0.2, 0.25) is 5.76 Å². The van der Waals surface area contributed by atoms with E-state index in [0.717, 1.165) is 4.31 Å². The molecule has 0 aliphatic heterocycles. The zero-order chi connectivity index (χ0) is 20.6. The number of anilines is 1. The first kappa shape index (κ1) is 20.6. The van der Waals surface area contributed by atoms with Gasteiger partial charge in [-0.1, -0.05) is 30.5 Å². The summed E-state index contributed by atoms with van der Waals surface area (Å²) in [4.78, 5) is 24.0. The van der Waals surface area contributed by atoms with Crippen LogP contribution in [0.25, 0.3) is 0 Å². The molecule has 1 aromatic heterocycles. The monoisotopic (exact) mass is 432 g/mol. The average molecular weight is 433 g/mol. The molecule has 0 bridgehead atoms. The summed E-state index contributed by atoms with van der Waals surface area (Å²) in [6.45, 7) is 0.552. The molecule has 3 rings (SSSR count). The summed E-state index contributed by atoms with van der Waals surface area (Å²) < 4.78 is 16.8. The van der Waals surface area contributed by atoms with Crippen molar-refractivity contribution >= 4 is 42.1 Å². The standard InChI is InChI=1S/C20H17ClN2O5S/c21-14-3-1-4-17(13-14)26-12-10-22-20(25)23(29)15-6-8-16(9-7-15)28-19(24)18-5-2-11-27-18/h1-9,11,13,29H,10,12H2,(H,22,25). The predicted molar refractivity (Wildman–Crippen MR) is 112 cm³/mol. The number of hydrogen-bond acceptors (Lipinski definition) is 6. The molecule has 2 aromatic carbocycles. The third-order valence-electron chi connectivity index (χ3n) is 3.65. The molecule has 150 valence electrons. The van der Waals surface area contributed by atoms with E-state index in [2.05, 4.69) is 18.1 Å². The molecule has 0 unspecified atom stereocenters. The van der Waals surface area contributed by atoms with Gasteiger partial charge in [0.25, 0.3) is 0 Å². The van der Waals surface area contributed by atoms with Crippen molar-refractivity contribution in [3.05, 3.63) is 77.7 Å². The number of rotatable bonds is 7. The topological polar surface area (TPSA) is 81.0 Å². The molecular formula is C20H17ClN2O5S. The normalized spacial score (nSPS) is 10.3. The van der Waals surface area contributed by atoms with Crippen LogP contribution in [0.1, 0.15) is 10.6 Å². The summed E-state index contributed by atoms with van der Waals surface area (Å²) in [6, 6.07) is 16.0. The van der Waals surface area contributed by atoms with Crippen molar-refractivity contribution in [3.63, 3.8) is 0 Å². The van der Waals surface area contributed by atoms with Crippen molar-refractivity contribution in [2.24, 2.45) is 0 Å². The van der Waals surface area contributed by atoms with Gasteiger partial charge >= 0.3 is 12.0 Å². The van der Waals surface area contributed by atoms with E-state index in [0.29, 0.717) is 22.2 Å². The van der Waals surface area contributed by atoms with Crippen LogP contribution >= 0.6 is 24.4 Å². The lowest BCUT2D eigenvalue weighted by Gasteiger charge is -2.17. The minimum atomic E-state index is -0.608. The highest BCUT2D eigenvalue weighted by Gasteiger charge is 2.14. The first-order valence-electron chi connectivity index (χ1n) is 8.54. The van der Waals surface area contributed by atoms with Crippen LogP contribution in [-0.4, -0.2) is 25.2 Å². The fourth-order valence-electron chi connectivity index (χ4n) is 2.28. The number of hydrogen-bond donors (Lipinski definition) is 2. The van der Waals surface area contributed by atoms with E-state index in [1.807, 2.05) is 0 Å². The van der Waals surface area contributed by atoms with E-state index < -0.39 is 12.0 Å². The van der Waals surface area contributed by atoms with Crippen molar-refractivity contribution in [1.82, 2.24) is 5.32 Å². The Balaban J connectivity index is 1.45. The van der Waals surface area contributed by atoms with E-state index in [9.17, 15) is 9.59 Å². The second kappa shape index (κ2) is 9.90. The van der Waals surface area contributed by atoms with Gasteiger partial charge in [-0.05, 0) is 54.6 Å². The predicted octanol–water partition coefficient (Wildman–Crippen LogP) is 4.59. The number of ether oxygens (including phenoxy) is 2. The molecule has 29 heavy (non-hydrogen) atoms. The van der Waals surface area contributed by atoms with Gasteiger partial charge < -0.3 is 19.2 Å². The van der Waals surface area contributed by atoms with Crippen molar-refractivity contribution in [3.8, 4) is 11.5 Å². The van der Waals surface area contributed by atoms with Crippen LogP contribution < -0.4 is 19.1 Å². The van der Waals surface area contributed by atoms with E-state index in [1.54, 1.807) is 54.6 Å². The minimum Gasteiger partial charge on any atom is -0.492 e. The number of nitrogens with zero attached hydrogens (tertiary/aromatic N) is 1. The van der Waals surface area contributed by atoms with E-state index in [1.165, 1.54) is 12.3 Å². The summed E-state index contributed by atoms with van der Waals surface area (Å²) in [7, 11) is 0. The number of benzene rings is 2. The summed E-state index contributed by atoms with van der Waals surface area (Å²) >= 11 is 10.1. The number of thiol groups is 1. The molecule has 0 saturated carbocycles. The minimum absolute atomic E-state index is 0.101. The number of furan rings is 1. The Labute approximate surface area is 177 Å². The van der Waals surface area contributed by atoms with Crippen LogP contribution in [0.15, 0.2) is 71.3 Å². The van der Waals surface area contributed by atoms with E-state index in [4.69, 9.17) is 25.5 Å². The van der Waals surface area contributed by atoms with Gasteiger partial charge in [-0.3, -0.25) is 0 Å². The highest BCUT2D eigenvalue weighted by molar-refractivity contribution is 7.82. The largest absolute Gasteiger partial charge is 0.492 e. The number of urea groups is 1. The molecule has 3 aromatic rings. The van der Waals surface area contributed by atoms with Crippen LogP contribution in [0.4, 0.5) is 10.5 Å². The zero-order valence-corrected chi connectivity index (χ0v) is 16.7. The molecule has 7 nitrogen and oxygen atoms in total. The third-order valence-corrected chi connectivity index (χ3v) is 4.30. The van der Waals surface area contributed by atoms with Crippen LogP contribution in [0, 0.1) is 0 Å². The maximum Gasteiger partial charge on any atom is 0.379 e. The van der Waals surface area contributed by atoms with Crippen molar-refractivity contribution in [2.75, 3.05) is 17.5 Å². The molecule has 0 radical (unpaired) electrons. The van der Waals surface area contributed by atoms with Crippen molar-refractivity contribution in [1.29, 1.82) is 0 Å². The number of amides is 2. The molecule has 1 heterocycles. The zero-order valence-electron chi connectivity index (χ0n) is 15.1. The summed E-state index contributed by atoms with van der Waals surface area (Å²) in [5, 5.41) is 3.26. The Kier molecular flexibility index (Phi) is 7.04. The molecule has 0 spiro atoms. The van der Waals surface area contributed by atoms with Gasteiger partial charge in [0.1, 0.15) is 18.1 Å². The Hall–Kier alpha value is -3.10. The molecular weight excluding hydrogens is 416 g/mol. The second-order valence-corrected chi connectivity index (χ2v) is 6.55. The van der Waals surface area contributed by atoms with Crippen LogP contribution in [0.2, 0.25) is 5.02 Å². The number of halogens is 1. The van der Waals surface area contributed by atoms with Crippen LogP contribution in [0.5, 0.6) is 11.5 Å². The Morgan fingerprint density at radius 3 is 2.55 bits per heavy atom. The number of carbonyl (C=O) groups excluding carboxylic acids is 2. The summed E-state index contributed by atoms with van der Waals surface area (Å²) in [5.41, 5.74) is 0.499. The van der Waals surface area contributed by atoms with Gasteiger partial charge in [0, 0.05) is 5.02 Å². The van der Waals surface area contributed by atoms with Gasteiger partial charge in [0.15, 0.2) is 0 Å². The van der Waals surface area contributed by atoms with Gasteiger partial charge in [0.05, 0.1) is 18.5 Å². The van der Waals surface area contributed by atoms with Crippen molar-refractivity contribution < 1.29 is 23.5 Å². The lowest BCUT2D eigenvalue weighted by atomic mass is 10.3. The number of nitrogens with one attached hydrogen (secondary N) is 1. The Bertz CT molecular complexity index is 963. The number of esters is 1. The molecule has 0 aliphatic rings. The van der Waals surface area contributed by atoms with Gasteiger partial charge in [-0.2, -0.15) is 0 Å². The molecule has 1 N–H and O–H groups in total. The molecule has 0 fully saturated rings. The highest BCUT2D eigenvalue weighted by Crippen LogP contribution is 2.22. The van der Waals surface area contributed by atoms with Crippen LogP contribution in [-0.2, 0) is 0 Å². The first-order chi connectivity index (χ1) is 14.0. The molecule has 2 amide bonds. The summed E-state index contributed by atoms with van der Waals surface area (Å²) in [5.74, 6) is 0.425. The quantitative estimate of drug-likeness (QED) is 0.247. The smallest absolute Gasteiger partial charge is 0.379 e. The summed E-state index contributed by atoms with van der Waals surface area (Å²) in [6.07, 6.45) is 1.39.